The Morgan fingerprint density at radius 1 is 1.38 bits per heavy atom. The van der Waals surface area contributed by atoms with Crippen LogP contribution in [0, 0.1) is 10.8 Å². The summed E-state index contributed by atoms with van der Waals surface area (Å²) in [5, 5.41) is 2.67. The summed E-state index contributed by atoms with van der Waals surface area (Å²) < 4.78 is 46.5. The predicted octanol–water partition coefficient (Wildman–Crippen LogP) is 4.47. The van der Waals surface area contributed by atoms with E-state index in [0.717, 1.165) is 19.3 Å². The lowest BCUT2D eigenvalue weighted by atomic mass is 9.77. The summed E-state index contributed by atoms with van der Waals surface area (Å²) in [6.07, 6.45) is -0.854. The minimum absolute atomic E-state index is 0.241. The molecule has 1 aliphatic carbocycles. The molecule has 0 radical (unpaired) electrons. The molecule has 1 aromatic carbocycles. The van der Waals surface area contributed by atoms with Gasteiger partial charge in [-0.15, -0.1) is 4.91 Å². The van der Waals surface area contributed by atoms with Crippen molar-refractivity contribution in [2.45, 2.75) is 37.8 Å². The highest BCUT2D eigenvalue weighted by atomic mass is 19.4. The molecule has 0 aliphatic heterocycles. The standard InChI is InChI=1S/C16H18F3NO4/c1-23-15(21)12(7-10-3-2-4-10)11-5-6-13(20-22)14(8-11)24-9-16(17,18)19/h5-6,8,10,12H,2-4,7,9H2,1H3. The Kier molecular flexibility index (Phi) is 5.80. The Hall–Kier alpha value is -2.12. The number of alkyl halides is 3. The molecule has 5 nitrogen and oxygen atoms in total. The fourth-order valence-electron chi connectivity index (χ4n) is 2.67. The van der Waals surface area contributed by atoms with Crippen LogP contribution in [0.1, 0.15) is 37.2 Å². The van der Waals surface area contributed by atoms with Crippen molar-refractivity contribution < 1.29 is 27.4 Å². The third kappa shape index (κ3) is 4.69. The van der Waals surface area contributed by atoms with Gasteiger partial charge >= 0.3 is 12.1 Å². The lowest BCUT2D eigenvalue weighted by molar-refractivity contribution is -0.153. The number of ether oxygens (including phenoxy) is 2. The van der Waals surface area contributed by atoms with Gasteiger partial charge in [-0.1, -0.05) is 25.3 Å². The zero-order valence-corrected chi connectivity index (χ0v) is 13.1. The third-order valence-electron chi connectivity index (χ3n) is 4.16. The Labute approximate surface area is 137 Å². The Morgan fingerprint density at radius 2 is 2.08 bits per heavy atom. The molecule has 132 valence electrons. The van der Waals surface area contributed by atoms with Crippen LogP contribution in [-0.4, -0.2) is 25.9 Å². The van der Waals surface area contributed by atoms with Gasteiger partial charge in [0.05, 0.1) is 13.0 Å². The molecule has 0 spiro atoms. The summed E-state index contributed by atoms with van der Waals surface area (Å²) in [5.41, 5.74) is 0.216. The second-order valence-corrected chi connectivity index (χ2v) is 5.83. The molecule has 1 aromatic rings. The minimum atomic E-state index is -4.54. The number of carbonyl (C=O) groups is 1. The van der Waals surface area contributed by atoms with E-state index in [1.165, 1.54) is 25.3 Å². The smallest absolute Gasteiger partial charge is 0.422 e. The number of nitroso groups, excluding NO2 is 1. The normalized spacial score (nSPS) is 16.2. The number of methoxy groups -OCH3 is 1. The fraction of sp³-hybridized carbons (Fsp3) is 0.562. The van der Waals surface area contributed by atoms with Crippen LogP contribution in [0.25, 0.3) is 0 Å². The molecule has 1 fully saturated rings. The molecular weight excluding hydrogens is 327 g/mol. The largest absolute Gasteiger partial charge is 0.482 e. The summed E-state index contributed by atoms with van der Waals surface area (Å²) >= 11 is 0. The zero-order chi connectivity index (χ0) is 17.7. The number of esters is 1. The Balaban J connectivity index is 2.25. The summed E-state index contributed by atoms with van der Waals surface area (Å²) in [6, 6.07) is 4.02. The molecule has 1 aliphatic rings. The van der Waals surface area contributed by atoms with E-state index in [0.29, 0.717) is 17.9 Å². The van der Waals surface area contributed by atoms with Gasteiger partial charge in [0.1, 0.15) is 11.4 Å². The van der Waals surface area contributed by atoms with Gasteiger partial charge in [-0.3, -0.25) is 4.79 Å². The van der Waals surface area contributed by atoms with Gasteiger partial charge in [0, 0.05) is 0 Å². The molecule has 0 saturated heterocycles. The second-order valence-electron chi connectivity index (χ2n) is 5.83. The summed E-state index contributed by atoms with van der Waals surface area (Å²) in [4.78, 5) is 22.8. The van der Waals surface area contributed by atoms with Gasteiger partial charge in [0.2, 0.25) is 0 Å². The molecule has 0 heterocycles. The highest BCUT2D eigenvalue weighted by Crippen LogP contribution is 2.39. The van der Waals surface area contributed by atoms with Crippen LogP contribution in [-0.2, 0) is 9.53 Å². The second kappa shape index (κ2) is 7.63. The number of benzene rings is 1. The molecule has 24 heavy (non-hydrogen) atoms. The molecule has 2 rings (SSSR count). The van der Waals surface area contributed by atoms with Crippen LogP contribution in [0.3, 0.4) is 0 Å². The molecule has 1 atom stereocenters. The van der Waals surface area contributed by atoms with Crippen molar-refractivity contribution in [2.24, 2.45) is 11.1 Å². The maximum absolute atomic E-state index is 12.3. The third-order valence-corrected chi connectivity index (χ3v) is 4.16. The highest BCUT2D eigenvalue weighted by Gasteiger charge is 2.31. The van der Waals surface area contributed by atoms with Crippen molar-refractivity contribution in [1.29, 1.82) is 0 Å². The van der Waals surface area contributed by atoms with E-state index < -0.39 is 24.7 Å². The average molecular weight is 345 g/mol. The maximum Gasteiger partial charge on any atom is 0.422 e. The van der Waals surface area contributed by atoms with E-state index in [1.807, 2.05) is 0 Å². The van der Waals surface area contributed by atoms with Crippen LogP contribution in [0.5, 0.6) is 5.75 Å². The van der Waals surface area contributed by atoms with Crippen LogP contribution in [0.15, 0.2) is 23.4 Å². The summed E-state index contributed by atoms with van der Waals surface area (Å²) in [5.74, 6) is -0.968. The van der Waals surface area contributed by atoms with E-state index in [1.54, 1.807) is 0 Å². The van der Waals surface area contributed by atoms with Gasteiger partial charge in [-0.2, -0.15) is 13.2 Å². The Bertz CT molecular complexity index is 599. The molecule has 1 unspecified atom stereocenters. The molecule has 0 bridgehead atoms. The van der Waals surface area contributed by atoms with Crippen LogP contribution in [0.4, 0.5) is 18.9 Å². The van der Waals surface area contributed by atoms with Crippen LogP contribution >= 0.6 is 0 Å². The molecule has 8 heteroatoms. The monoisotopic (exact) mass is 345 g/mol. The topological polar surface area (TPSA) is 65.0 Å². The average Bonchev–Trinajstić information content (AvgIpc) is 2.50. The van der Waals surface area contributed by atoms with Crippen molar-refractivity contribution in [2.75, 3.05) is 13.7 Å². The maximum atomic E-state index is 12.3. The van der Waals surface area contributed by atoms with Crippen molar-refractivity contribution in [3.63, 3.8) is 0 Å². The van der Waals surface area contributed by atoms with E-state index >= 15 is 0 Å². The Morgan fingerprint density at radius 3 is 2.58 bits per heavy atom. The summed E-state index contributed by atoms with van der Waals surface area (Å²) in [7, 11) is 1.26. The molecule has 0 aromatic heterocycles. The number of carbonyl (C=O) groups excluding carboxylic acids is 1. The molecule has 0 N–H and O–H groups in total. The van der Waals surface area contributed by atoms with Crippen molar-refractivity contribution in [3.8, 4) is 5.75 Å². The molecule has 0 amide bonds. The predicted molar refractivity (Wildman–Crippen MR) is 80.2 cm³/mol. The van der Waals surface area contributed by atoms with Gasteiger partial charge in [0.15, 0.2) is 6.61 Å². The zero-order valence-electron chi connectivity index (χ0n) is 13.1. The van der Waals surface area contributed by atoms with Crippen LogP contribution in [0.2, 0.25) is 0 Å². The minimum Gasteiger partial charge on any atom is -0.482 e. The van der Waals surface area contributed by atoms with Gasteiger partial charge in [-0.05, 0) is 35.2 Å². The van der Waals surface area contributed by atoms with E-state index in [4.69, 9.17) is 4.74 Å². The van der Waals surface area contributed by atoms with E-state index in [9.17, 15) is 22.9 Å². The van der Waals surface area contributed by atoms with E-state index in [2.05, 4.69) is 9.91 Å². The van der Waals surface area contributed by atoms with Crippen molar-refractivity contribution in [1.82, 2.24) is 0 Å². The number of rotatable bonds is 7. The quantitative estimate of drug-likeness (QED) is 0.540. The van der Waals surface area contributed by atoms with Crippen LogP contribution < -0.4 is 4.74 Å². The summed E-state index contributed by atoms with van der Waals surface area (Å²) in [6.45, 7) is -1.54. The first kappa shape index (κ1) is 18.2. The molecular formula is C16H18F3NO4. The van der Waals surface area contributed by atoms with Crippen molar-refractivity contribution in [3.05, 3.63) is 28.7 Å². The van der Waals surface area contributed by atoms with Gasteiger partial charge < -0.3 is 9.47 Å². The number of nitrogens with zero attached hydrogens (tertiary/aromatic N) is 1. The molecule has 1 saturated carbocycles. The SMILES string of the molecule is COC(=O)C(CC1CCC1)c1ccc(N=O)c(OCC(F)(F)F)c1. The number of hydrogen-bond donors (Lipinski definition) is 0. The number of halogens is 3. The van der Waals surface area contributed by atoms with Gasteiger partial charge in [-0.25, -0.2) is 0 Å². The first-order chi connectivity index (χ1) is 11.3. The van der Waals surface area contributed by atoms with Crippen molar-refractivity contribution >= 4 is 11.7 Å². The fourth-order valence-corrected chi connectivity index (χ4v) is 2.67. The lowest BCUT2D eigenvalue weighted by Crippen LogP contribution is -2.22. The lowest BCUT2D eigenvalue weighted by Gasteiger charge is -2.29. The van der Waals surface area contributed by atoms with Gasteiger partial charge in [0.25, 0.3) is 0 Å². The first-order valence-electron chi connectivity index (χ1n) is 7.58. The first-order valence-corrected chi connectivity index (χ1v) is 7.58. The van der Waals surface area contributed by atoms with E-state index in [-0.39, 0.29) is 11.4 Å². The number of hydrogen-bond acceptors (Lipinski definition) is 5. The highest BCUT2D eigenvalue weighted by molar-refractivity contribution is 5.78.